The number of aromatic nitrogens is 2. The van der Waals surface area contributed by atoms with Crippen LogP contribution in [-0.4, -0.2) is 21.5 Å². The maximum absolute atomic E-state index is 12.4. The third-order valence-electron chi connectivity index (χ3n) is 3.08. The van der Waals surface area contributed by atoms with Gasteiger partial charge < -0.3 is 4.74 Å². The second-order valence-electron chi connectivity index (χ2n) is 6.64. The third kappa shape index (κ3) is 3.14. The van der Waals surface area contributed by atoms with Gasteiger partial charge in [0.15, 0.2) is 0 Å². The molecule has 1 aromatic heterocycles. The minimum absolute atomic E-state index is 0.559. The molecule has 0 N–H and O–H groups in total. The van der Waals surface area contributed by atoms with Crippen LogP contribution in [0.4, 0.5) is 4.79 Å². The summed E-state index contributed by atoms with van der Waals surface area (Å²) < 4.78 is 7.44. The standard InChI is InChI=1S/C16H18BrN3O2/c1-15(2,3)22-14(21)20-12-8-10(17)6-7-11(12)13(19-20)16(4,5)9-18/h6-8H,1-5H3. The van der Waals surface area contributed by atoms with Crippen LogP contribution in [0.2, 0.25) is 0 Å². The highest BCUT2D eigenvalue weighted by atomic mass is 79.9. The first kappa shape index (κ1) is 16.5. The molecule has 116 valence electrons. The fourth-order valence-corrected chi connectivity index (χ4v) is 2.40. The Labute approximate surface area is 138 Å². The second-order valence-corrected chi connectivity index (χ2v) is 7.55. The van der Waals surface area contributed by atoms with Crippen LogP contribution in [0.15, 0.2) is 22.7 Å². The number of benzene rings is 1. The van der Waals surface area contributed by atoms with Gasteiger partial charge >= 0.3 is 6.09 Å². The van der Waals surface area contributed by atoms with E-state index in [0.29, 0.717) is 11.2 Å². The highest BCUT2D eigenvalue weighted by Gasteiger charge is 2.30. The van der Waals surface area contributed by atoms with Gasteiger partial charge in [-0.3, -0.25) is 0 Å². The van der Waals surface area contributed by atoms with Crippen molar-refractivity contribution in [3.63, 3.8) is 0 Å². The zero-order valence-corrected chi connectivity index (χ0v) is 14.9. The van der Waals surface area contributed by atoms with Crippen LogP contribution >= 0.6 is 15.9 Å². The number of nitriles is 1. The molecule has 0 aliphatic rings. The lowest BCUT2D eigenvalue weighted by atomic mass is 9.89. The Morgan fingerprint density at radius 3 is 2.50 bits per heavy atom. The molecule has 6 heteroatoms. The van der Waals surface area contributed by atoms with Crippen LogP contribution in [0.25, 0.3) is 10.9 Å². The summed E-state index contributed by atoms with van der Waals surface area (Å²) in [4.78, 5) is 12.4. The molecule has 0 atom stereocenters. The van der Waals surface area contributed by atoms with Gasteiger partial charge in [0.1, 0.15) is 5.60 Å². The van der Waals surface area contributed by atoms with Gasteiger partial charge in [0.25, 0.3) is 0 Å². The van der Waals surface area contributed by atoms with Crippen molar-refractivity contribution in [3.05, 3.63) is 28.4 Å². The van der Waals surface area contributed by atoms with E-state index in [2.05, 4.69) is 27.1 Å². The van der Waals surface area contributed by atoms with Crippen molar-refractivity contribution >= 4 is 32.9 Å². The van der Waals surface area contributed by atoms with E-state index in [9.17, 15) is 10.1 Å². The summed E-state index contributed by atoms with van der Waals surface area (Å²) >= 11 is 3.40. The Hall–Kier alpha value is -1.87. The molecule has 0 aliphatic heterocycles. The zero-order chi connectivity index (χ0) is 16.7. The number of rotatable bonds is 1. The fourth-order valence-electron chi connectivity index (χ4n) is 2.05. The molecule has 1 heterocycles. The van der Waals surface area contributed by atoms with Gasteiger partial charge in [0, 0.05) is 9.86 Å². The lowest BCUT2D eigenvalue weighted by molar-refractivity contribution is 0.0521. The van der Waals surface area contributed by atoms with Crippen molar-refractivity contribution in [2.24, 2.45) is 0 Å². The molecule has 5 nitrogen and oxygen atoms in total. The summed E-state index contributed by atoms with van der Waals surface area (Å²) in [5, 5.41) is 14.5. The van der Waals surface area contributed by atoms with E-state index in [1.54, 1.807) is 40.7 Å². The van der Waals surface area contributed by atoms with Gasteiger partial charge in [-0.25, -0.2) is 4.79 Å². The average molecular weight is 364 g/mol. The topological polar surface area (TPSA) is 67.9 Å². The highest BCUT2D eigenvalue weighted by Crippen LogP contribution is 2.31. The predicted molar refractivity (Wildman–Crippen MR) is 87.7 cm³/mol. The first-order valence-electron chi connectivity index (χ1n) is 6.88. The fraction of sp³-hybridized carbons (Fsp3) is 0.438. The molecule has 0 saturated carbocycles. The van der Waals surface area contributed by atoms with Crippen LogP contribution in [0.1, 0.15) is 40.3 Å². The van der Waals surface area contributed by atoms with Crippen LogP contribution in [0.3, 0.4) is 0 Å². The number of ether oxygens (including phenoxy) is 1. The van der Waals surface area contributed by atoms with Crippen LogP contribution in [-0.2, 0) is 10.2 Å². The maximum atomic E-state index is 12.4. The highest BCUT2D eigenvalue weighted by molar-refractivity contribution is 9.10. The first-order chi connectivity index (χ1) is 10.0. The number of hydrogen-bond donors (Lipinski definition) is 0. The molecular weight excluding hydrogens is 346 g/mol. The first-order valence-corrected chi connectivity index (χ1v) is 7.68. The molecule has 2 rings (SSSR count). The normalized spacial score (nSPS) is 12.2. The van der Waals surface area contributed by atoms with Gasteiger partial charge in [0.2, 0.25) is 0 Å². The van der Waals surface area contributed by atoms with Crippen molar-refractivity contribution in [1.82, 2.24) is 9.78 Å². The monoisotopic (exact) mass is 363 g/mol. The minimum atomic E-state index is -0.806. The molecule has 0 aliphatic carbocycles. The predicted octanol–water partition coefficient (Wildman–Crippen LogP) is 4.38. The molecule has 0 saturated heterocycles. The van der Waals surface area contributed by atoms with Crippen LogP contribution in [0, 0.1) is 11.3 Å². The van der Waals surface area contributed by atoms with Crippen LogP contribution < -0.4 is 0 Å². The Bertz CT molecular complexity index is 779. The summed E-state index contributed by atoms with van der Waals surface area (Å²) in [5.74, 6) is 0. The smallest absolute Gasteiger partial charge is 0.435 e. The SMILES string of the molecule is CC(C)(C)OC(=O)n1nc(C(C)(C)C#N)c2ccc(Br)cc21. The third-order valence-corrected chi connectivity index (χ3v) is 3.57. The summed E-state index contributed by atoms with van der Waals surface area (Å²) in [5.41, 5.74) is -0.253. The van der Waals surface area contributed by atoms with Gasteiger partial charge in [-0.1, -0.05) is 15.9 Å². The van der Waals surface area contributed by atoms with Crippen molar-refractivity contribution in [1.29, 1.82) is 5.26 Å². The van der Waals surface area contributed by atoms with E-state index in [4.69, 9.17) is 4.74 Å². The van der Waals surface area contributed by atoms with E-state index >= 15 is 0 Å². The van der Waals surface area contributed by atoms with Gasteiger partial charge in [-0.05, 0) is 52.8 Å². The van der Waals surface area contributed by atoms with E-state index in [1.807, 2.05) is 12.1 Å². The molecule has 0 unspecified atom stereocenters. The summed E-state index contributed by atoms with van der Waals surface area (Å²) in [6.07, 6.45) is -0.560. The molecule has 1 aromatic carbocycles. The zero-order valence-electron chi connectivity index (χ0n) is 13.3. The molecule has 0 radical (unpaired) electrons. The lowest BCUT2D eigenvalue weighted by Crippen LogP contribution is -2.28. The molecule has 22 heavy (non-hydrogen) atoms. The number of carbonyl (C=O) groups excluding carboxylic acids is 1. The van der Waals surface area contributed by atoms with Crippen molar-refractivity contribution in [2.75, 3.05) is 0 Å². The van der Waals surface area contributed by atoms with Crippen molar-refractivity contribution < 1.29 is 9.53 Å². The number of hydrogen-bond acceptors (Lipinski definition) is 4. The largest absolute Gasteiger partial charge is 0.442 e. The van der Waals surface area contributed by atoms with Crippen LogP contribution in [0.5, 0.6) is 0 Å². The molecule has 0 spiro atoms. The van der Waals surface area contributed by atoms with Gasteiger partial charge in [-0.2, -0.15) is 15.0 Å². The number of halogens is 1. The Morgan fingerprint density at radius 1 is 1.32 bits per heavy atom. The Balaban J connectivity index is 2.68. The molecule has 2 aromatic rings. The van der Waals surface area contributed by atoms with E-state index in [0.717, 1.165) is 9.86 Å². The molecule has 0 fully saturated rings. The van der Waals surface area contributed by atoms with E-state index in [-0.39, 0.29) is 0 Å². The summed E-state index contributed by atoms with van der Waals surface area (Å²) in [6, 6.07) is 7.73. The number of carbonyl (C=O) groups is 1. The van der Waals surface area contributed by atoms with Crippen molar-refractivity contribution in [3.8, 4) is 6.07 Å². The van der Waals surface area contributed by atoms with Gasteiger partial charge in [0.05, 0.1) is 22.7 Å². The summed E-state index contributed by atoms with van der Waals surface area (Å²) in [6.45, 7) is 8.94. The Morgan fingerprint density at radius 2 is 1.95 bits per heavy atom. The number of fused-ring (bicyclic) bond motifs is 1. The maximum Gasteiger partial charge on any atom is 0.435 e. The second kappa shape index (κ2) is 5.40. The Kier molecular flexibility index (Phi) is 4.05. The summed E-state index contributed by atoms with van der Waals surface area (Å²) in [7, 11) is 0. The van der Waals surface area contributed by atoms with Gasteiger partial charge in [-0.15, -0.1) is 0 Å². The van der Waals surface area contributed by atoms with Crippen molar-refractivity contribution in [2.45, 2.75) is 45.6 Å². The number of nitrogens with zero attached hydrogens (tertiary/aromatic N) is 3. The average Bonchev–Trinajstić information content (AvgIpc) is 2.76. The quantitative estimate of drug-likeness (QED) is 0.753. The molecule has 0 amide bonds. The van der Waals surface area contributed by atoms with E-state index < -0.39 is 17.1 Å². The molecular formula is C16H18BrN3O2. The minimum Gasteiger partial charge on any atom is -0.442 e. The van der Waals surface area contributed by atoms with E-state index in [1.165, 1.54) is 4.68 Å². The lowest BCUT2D eigenvalue weighted by Gasteiger charge is -2.19. The molecule has 0 bridgehead atoms.